The maximum Gasteiger partial charge on any atom is 0.251 e. The van der Waals surface area contributed by atoms with Crippen LogP contribution in [0.15, 0.2) is 36.4 Å². The number of sulfonamides is 1. The Morgan fingerprint density at radius 1 is 1.14 bits per heavy atom. The minimum Gasteiger partial charge on any atom is -0.497 e. The molecule has 7 nitrogen and oxygen atoms in total. The molecule has 0 aliphatic carbocycles. The van der Waals surface area contributed by atoms with Gasteiger partial charge in [-0.1, -0.05) is 0 Å². The Balaban J connectivity index is 1.83. The molecule has 1 heterocycles. The van der Waals surface area contributed by atoms with E-state index in [1.165, 1.54) is 10.6 Å². The van der Waals surface area contributed by atoms with Crippen molar-refractivity contribution in [2.45, 2.75) is 25.8 Å². The molecule has 0 spiro atoms. The van der Waals surface area contributed by atoms with Gasteiger partial charge in [0.1, 0.15) is 11.5 Å². The van der Waals surface area contributed by atoms with E-state index in [0.717, 1.165) is 24.0 Å². The van der Waals surface area contributed by atoms with Crippen molar-refractivity contribution in [3.05, 3.63) is 53.1 Å². The number of carbonyl (C=O) groups excluding carboxylic acids is 1. The number of hydrogen-bond donors (Lipinski definition) is 1. The molecule has 0 fully saturated rings. The molecule has 1 atom stereocenters. The number of rotatable bonds is 6. The lowest BCUT2D eigenvalue weighted by atomic mass is 10.00. The van der Waals surface area contributed by atoms with Crippen LogP contribution in [0.2, 0.25) is 0 Å². The van der Waals surface area contributed by atoms with Crippen LogP contribution in [-0.4, -0.2) is 41.3 Å². The van der Waals surface area contributed by atoms with Gasteiger partial charge in [0.05, 0.1) is 32.2 Å². The zero-order chi connectivity index (χ0) is 21.2. The molecule has 0 saturated carbocycles. The highest BCUT2D eigenvalue weighted by molar-refractivity contribution is 7.92. The minimum absolute atomic E-state index is 0.235. The Hall–Kier alpha value is -2.74. The first kappa shape index (κ1) is 21.0. The van der Waals surface area contributed by atoms with Crippen molar-refractivity contribution in [2.24, 2.45) is 0 Å². The summed E-state index contributed by atoms with van der Waals surface area (Å²) in [6, 6.07) is 10.3. The molecule has 2 aromatic rings. The largest absolute Gasteiger partial charge is 0.497 e. The second kappa shape index (κ2) is 8.32. The second-order valence-electron chi connectivity index (χ2n) is 7.09. The smallest absolute Gasteiger partial charge is 0.251 e. The highest BCUT2D eigenvalue weighted by Crippen LogP contribution is 2.31. The summed E-state index contributed by atoms with van der Waals surface area (Å²) < 4.78 is 36.1. The molecular formula is C21H26N2O5S. The fourth-order valence-corrected chi connectivity index (χ4v) is 4.58. The van der Waals surface area contributed by atoms with Gasteiger partial charge in [0.15, 0.2) is 0 Å². The number of nitrogens with zero attached hydrogens (tertiary/aromatic N) is 1. The van der Waals surface area contributed by atoms with Gasteiger partial charge in [0.25, 0.3) is 5.91 Å². The highest BCUT2D eigenvalue weighted by atomic mass is 32.2. The first-order valence-electron chi connectivity index (χ1n) is 9.38. The quantitative estimate of drug-likeness (QED) is 0.780. The number of carbonyl (C=O) groups is 1. The van der Waals surface area contributed by atoms with Crippen molar-refractivity contribution >= 4 is 21.6 Å². The summed E-state index contributed by atoms with van der Waals surface area (Å²) in [7, 11) is -0.169. The number of hydrogen-bond acceptors (Lipinski definition) is 5. The third-order valence-electron chi connectivity index (χ3n) is 5.07. The summed E-state index contributed by atoms with van der Waals surface area (Å²) in [4.78, 5) is 12.8. The Kier molecular flexibility index (Phi) is 6.02. The van der Waals surface area contributed by atoms with Gasteiger partial charge >= 0.3 is 0 Å². The summed E-state index contributed by atoms with van der Waals surface area (Å²) in [6.07, 6.45) is 2.66. The molecule has 0 bridgehead atoms. The first-order valence-corrected chi connectivity index (χ1v) is 11.2. The van der Waals surface area contributed by atoms with Gasteiger partial charge in [0, 0.05) is 17.7 Å². The van der Waals surface area contributed by atoms with Crippen LogP contribution in [0.5, 0.6) is 11.5 Å². The van der Waals surface area contributed by atoms with Crippen molar-refractivity contribution in [1.29, 1.82) is 0 Å². The van der Waals surface area contributed by atoms with Crippen LogP contribution >= 0.6 is 0 Å². The third kappa shape index (κ3) is 4.48. The van der Waals surface area contributed by atoms with E-state index in [0.29, 0.717) is 29.3 Å². The van der Waals surface area contributed by atoms with Crippen LogP contribution in [0, 0.1) is 0 Å². The van der Waals surface area contributed by atoms with E-state index in [1.807, 2.05) is 13.0 Å². The van der Waals surface area contributed by atoms with E-state index < -0.39 is 10.0 Å². The normalized spacial score (nSPS) is 14.7. The van der Waals surface area contributed by atoms with Crippen LogP contribution in [0.3, 0.4) is 0 Å². The molecule has 0 aromatic heterocycles. The molecule has 1 aliphatic rings. The van der Waals surface area contributed by atoms with Gasteiger partial charge in [-0.25, -0.2) is 8.42 Å². The standard InChI is InChI=1S/C21H26N2O5S/c1-14(18-13-17(27-2)8-10-20(18)28-3)22-21(24)16-7-9-19-15(12-16)6-5-11-23(19)29(4,25)26/h7-10,12-14H,5-6,11H2,1-4H3,(H,22,24). The number of benzene rings is 2. The first-order chi connectivity index (χ1) is 13.7. The Morgan fingerprint density at radius 3 is 2.55 bits per heavy atom. The molecule has 1 unspecified atom stereocenters. The van der Waals surface area contributed by atoms with Crippen LogP contribution in [-0.2, 0) is 16.4 Å². The maximum absolute atomic E-state index is 12.8. The summed E-state index contributed by atoms with van der Waals surface area (Å²) in [6.45, 7) is 2.34. The third-order valence-corrected chi connectivity index (χ3v) is 6.25. The molecule has 0 saturated heterocycles. The van der Waals surface area contributed by atoms with E-state index >= 15 is 0 Å². The predicted molar refractivity (Wildman–Crippen MR) is 112 cm³/mol. The van der Waals surface area contributed by atoms with Crippen molar-refractivity contribution in [1.82, 2.24) is 5.32 Å². The number of ether oxygens (including phenoxy) is 2. The molecule has 156 valence electrons. The van der Waals surface area contributed by atoms with E-state index in [-0.39, 0.29) is 11.9 Å². The Morgan fingerprint density at radius 2 is 1.90 bits per heavy atom. The Bertz CT molecular complexity index is 1020. The van der Waals surface area contributed by atoms with E-state index in [4.69, 9.17) is 9.47 Å². The van der Waals surface area contributed by atoms with Crippen molar-refractivity contribution < 1.29 is 22.7 Å². The molecule has 0 radical (unpaired) electrons. The number of anilines is 1. The summed E-state index contributed by atoms with van der Waals surface area (Å²) in [5.74, 6) is 1.10. The number of fused-ring (bicyclic) bond motifs is 1. The van der Waals surface area contributed by atoms with E-state index in [1.54, 1.807) is 44.6 Å². The molecule has 2 aromatic carbocycles. The van der Waals surface area contributed by atoms with Crippen LogP contribution in [0.1, 0.15) is 40.9 Å². The lowest BCUT2D eigenvalue weighted by molar-refractivity contribution is 0.0939. The molecular weight excluding hydrogens is 392 g/mol. The van der Waals surface area contributed by atoms with Crippen LogP contribution < -0.4 is 19.1 Å². The number of amides is 1. The molecule has 1 amide bonds. The van der Waals surface area contributed by atoms with Crippen LogP contribution in [0.25, 0.3) is 0 Å². The zero-order valence-electron chi connectivity index (χ0n) is 17.1. The number of aryl methyl sites for hydroxylation is 1. The van der Waals surface area contributed by atoms with Gasteiger partial charge in [-0.05, 0) is 61.7 Å². The molecule has 1 N–H and O–H groups in total. The van der Waals surface area contributed by atoms with Gasteiger partial charge in [0.2, 0.25) is 10.0 Å². The molecule has 29 heavy (non-hydrogen) atoms. The van der Waals surface area contributed by atoms with Gasteiger partial charge in [-0.15, -0.1) is 0 Å². The van der Waals surface area contributed by atoms with Crippen LogP contribution in [0.4, 0.5) is 5.69 Å². The average molecular weight is 419 g/mol. The summed E-state index contributed by atoms with van der Waals surface area (Å²) >= 11 is 0. The lowest BCUT2D eigenvalue weighted by Gasteiger charge is -2.29. The fourth-order valence-electron chi connectivity index (χ4n) is 3.58. The van der Waals surface area contributed by atoms with Gasteiger partial charge in [-0.2, -0.15) is 0 Å². The van der Waals surface area contributed by atoms with Crippen molar-refractivity contribution in [2.75, 3.05) is 31.3 Å². The average Bonchev–Trinajstić information content (AvgIpc) is 2.71. The molecule has 8 heteroatoms. The van der Waals surface area contributed by atoms with Gasteiger partial charge < -0.3 is 14.8 Å². The van der Waals surface area contributed by atoms with Crippen molar-refractivity contribution in [3.63, 3.8) is 0 Å². The summed E-state index contributed by atoms with van der Waals surface area (Å²) in [5, 5.41) is 2.98. The minimum atomic E-state index is -3.33. The summed E-state index contributed by atoms with van der Waals surface area (Å²) in [5.41, 5.74) is 2.81. The highest BCUT2D eigenvalue weighted by Gasteiger charge is 2.25. The number of nitrogens with one attached hydrogen (secondary N) is 1. The molecule has 3 rings (SSSR count). The topological polar surface area (TPSA) is 84.9 Å². The van der Waals surface area contributed by atoms with Gasteiger partial charge in [-0.3, -0.25) is 9.10 Å². The molecule has 1 aliphatic heterocycles. The zero-order valence-corrected chi connectivity index (χ0v) is 17.9. The predicted octanol–water partition coefficient (Wildman–Crippen LogP) is 2.91. The van der Waals surface area contributed by atoms with E-state index in [2.05, 4.69) is 5.32 Å². The lowest BCUT2D eigenvalue weighted by Crippen LogP contribution is -2.35. The number of methoxy groups -OCH3 is 2. The monoisotopic (exact) mass is 418 g/mol. The van der Waals surface area contributed by atoms with Crippen molar-refractivity contribution in [3.8, 4) is 11.5 Å². The fraction of sp³-hybridized carbons (Fsp3) is 0.381. The maximum atomic E-state index is 12.8. The second-order valence-corrected chi connectivity index (χ2v) is 8.99. The Labute approximate surface area is 171 Å². The SMILES string of the molecule is COc1ccc(OC)c(C(C)NC(=O)c2ccc3c(c2)CCCN3S(C)(=O)=O)c1. The van der Waals surface area contributed by atoms with E-state index in [9.17, 15) is 13.2 Å².